The minimum atomic E-state index is -1.17. The summed E-state index contributed by atoms with van der Waals surface area (Å²) in [5.74, 6) is -1.38. The van der Waals surface area contributed by atoms with Crippen LogP contribution in [-0.4, -0.2) is 23.2 Å². The maximum Gasteiger partial charge on any atom is 0.335 e. The molecule has 0 spiro atoms. The number of methoxy groups -OCH3 is 1. The van der Waals surface area contributed by atoms with Crippen LogP contribution < -0.4 is 4.74 Å². The zero-order valence-electron chi connectivity index (χ0n) is 9.55. The SMILES string of the molecule is COc1cc(-c2cc(F)cc(C(=O)O)c2)ccn1. The summed E-state index contributed by atoms with van der Waals surface area (Å²) >= 11 is 0. The topological polar surface area (TPSA) is 59.4 Å². The largest absolute Gasteiger partial charge is 0.481 e. The van der Waals surface area contributed by atoms with Crippen molar-refractivity contribution >= 4 is 5.97 Å². The average Bonchev–Trinajstić information content (AvgIpc) is 2.38. The summed E-state index contributed by atoms with van der Waals surface area (Å²) in [6, 6.07) is 6.91. The monoisotopic (exact) mass is 247 g/mol. The van der Waals surface area contributed by atoms with Crippen molar-refractivity contribution in [2.75, 3.05) is 7.11 Å². The molecule has 0 radical (unpaired) electrons. The molecule has 0 bridgehead atoms. The molecule has 0 aliphatic heterocycles. The first kappa shape index (κ1) is 12.0. The van der Waals surface area contributed by atoms with Crippen LogP contribution in [0.15, 0.2) is 36.5 Å². The highest BCUT2D eigenvalue weighted by molar-refractivity contribution is 5.89. The molecule has 0 amide bonds. The van der Waals surface area contributed by atoms with Crippen molar-refractivity contribution in [1.82, 2.24) is 4.98 Å². The number of rotatable bonds is 3. The maximum absolute atomic E-state index is 13.3. The van der Waals surface area contributed by atoms with Crippen molar-refractivity contribution in [3.05, 3.63) is 47.9 Å². The van der Waals surface area contributed by atoms with Gasteiger partial charge in [-0.3, -0.25) is 0 Å². The van der Waals surface area contributed by atoms with Crippen molar-refractivity contribution in [2.24, 2.45) is 0 Å². The van der Waals surface area contributed by atoms with Gasteiger partial charge in [-0.2, -0.15) is 0 Å². The van der Waals surface area contributed by atoms with Gasteiger partial charge in [0.2, 0.25) is 5.88 Å². The molecule has 2 aromatic rings. The number of carboxylic acid groups (broad SMARTS) is 1. The summed E-state index contributed by atoms with van der Waals surface area (Å²) in [5, 5.41) is 8.88. The Hall–Kier alpha value is -2.43. The standard InChI is InChI=1S/C13H10FNO3/c1-18-12-7-8(2-3-15-12)9-4-10(13(16)17)6-11(14)5-9/h2-7H,1H3,(H,16,17). The van der Waals surface area contributed by atoms with Crippen LogP contribution in [0.2, 0.25) is 0 Å². The van der Waals surface area contributed by atoms with E-state index in [9.17, 15) is 9.18 Å². The molecular formula is C13H10FNO3. The molecule has 0 unspecified atom stereocenters. The maximum atomic E-state index is 13.3. The predicted octanol–water partition coefficient (Wildman–Crippen LogP) is 2.59. The van der Waals surface area contributed by atoms with Gasteiger partial charge in [0.25, 0.3) is 0 Å². The van der Waals surface area contributed by atoms with Gasteiger partial charge >= 0.3 is 5.97 Å². The van der Waals surface area contributed by atoms with Crippen molar-refractivity contribution in [3.8, 4) is 17.0 Å². The second-order valence-corrected chi connectivity index (χ2v) is 3.62. The molecule has 1 aromatic carbocycles. The summed E-state index contributed by atoms with van der Waals surface area (Å²) in [6.07, 6.45) is 1.51. The smallest absolute Gasteiger partial charge is 0.335 e. The Morgan fingerprint density at radius 1 is 1.28 bits per heavy atom. The number of halogens is 1. The van der Waals surface area contributed by atoms with Gasteiger partial charge in [-0.25, -0.2) is 14.2 Å². The van der Waals surface area contributed by atoms with Gasteiger partial charge < -0.3 is 9.84 Å². The molecule has 1 aromatic heterocycles. The van der Waals surface area contributed by atoms with E-state index in [0.29, 0.717) is 17.0 Å². The Morgan fingerprint density at radius 2 is 2.06 bits per heavy atom. The lowest BCUT2D eigenvalue weighted by Gasteiger charge is -2.05. The first-order valence-electron chi connectivity index (χ1n) is 5.14. The first-order chi connectivity index (χ1) is 8.60. The molecule has 5 heteroatoms. The fourth-order valence-corrected chi connectivity index (χ4v) is 1.58. The Kier molecular flexibility index (Phi) is 3.23. The van der Waals surface area contributed by atoms with Crippen LogP contribution in [0, 0.1) is 5.82 Å². The Labute approximate surface area is 103 Å². The molecule has 4 nitrogen and oxygen atoms in total. The zero-order chi connectivity index (χ0) is 13.1. The Bertz CT molecular complexity index is 599. The van der Waals surface area contributed by atoms with Crippen LogP contribution >= 0.6 is 0 Å². The third-order valence-electron chi connectivity index (χ3n) is 2.42. The summed E-state index contributed by atoms with van der Waals surface area (Å²) in [7, 11) is 1.47. The number of hydrogen-bond acceptors (Lipinski definition) is 3. The van der Waals surface area contributed by atoms with E-state index in [1.807, 2.05) is 0 Å². The molecule has 92 valence electrons. The molecule has 1 N–H and O–H groups in total. The number of carbonyl (C=O) groups is 1. The third kappa shape index (κ3) is 2.45. The molecule has 0 aliphatic carbocycles. The average molecular weight is 247 g/mol. The highest BCUT2D eigenvalue weighted by Gasteiger charge is 2.09. The van der Waals surface area contributed by atoms with Gasteiger partial charge in [0.15, 0.2) is 0 Å². The fourth-order valence-electron chi connectivity index (χ4n) is 1.58. The summed E-state index contributed by atoms with van der Waals surface area (Å²) in [6.45, 7) is 0. The Balaban J connectivity index is 2.52. The van der Waals surface area contributed by atoms with Gasteiger partial charge in [-0.05, 0) is 35.4 Å². The van der Waals surface area contributed by atoms with E-state index >= 15 is 0 Å². The molecule has 1 heterocycles. The lowest BCUT2D eigenvalue weighted by molar-refractivity contribution is 0.0696. The van der Waals surface area contributed by atoms with Crippen molar-refractivity contribution in [3.63, 3.8) is 0 Å². The van der Waals surface area contributed by atoms with Gasteiger partial charge in [0.1, 0.15) is 5.82 Å². The van der Waals surface area contributed by atoms with Gasteiger partial charge in [-0.1, -0.05) is 0 Å². The summed E-state index contributed by atoms with van der Waals surface area (Å²) < 4.78 is 18.3. The quantitative estimate of drug-likeness (QED) is 0.905. The van der Waals surface area contributed by atoms with Gasteiger partial charge in [0, 0.05) is 12.3 Å². The van der Waals surface area contributed by atoms with E-state index in [-0.39, 0.29) is 5.56 Å². The van der Waals surface area contributed by atoms with Gasteiger partial charge in [-0.15, -0.1) is 0 Å². The molecule has 0 saturated carbocycles. The number of ether oxygens (including phenoxy) is 1. The molecular weight excluding hydrogens is 237 g/mol. The number of hydrogen-bond donors (Lipinski definition) is 1. The van der Waals surface area contributed by atoms with Gasteiger partial charge in [0.05, 0.1) is 12.7 Å². The highest BCUT2D eigenvalue weighted by Crippen LogP contribution is 2.24. The lowest BCUT2D eigenvalue weighted by Crippen LogP contribution is -1.98. The second kappa shape index (κ2) is 4.83. The summed E-state index contributed by atoms with van der Waals surface area (Å²) in [5.41, 5.74) is 1.01. The minimum Gasteiger partial charge on any atom is -0.481 e. The number of aromatic carboxylic acids is 1. The van der Waals surface area contributed by atoms with Crippen molar-refractivity contribution < 1.29 is 19.0 Å². The molecule has 0 fully saturated rings. The molecule has 0 aliphatic rings. The minimum absolute atomic E-state index is 0.0965. The van der Waals surface area contributed by atoms with Crippen LogP contribution in [0.5, 0.6) is 5.88 Å². The zero-order valence-corrected chi connectivity index (χ0v) is 9.55. The normalized spacial score (nSPS) is 10.1. The Morgan fingerprint density at radius 3 is 2.72 bits per heavy atom. The number of nitrogens with zero attached hydrogens (tertiary/aromatic N) is 1. The molecule has 2 rings (SSSR count). The van der Waals surface area contributed by atoms with Crippen LogP contribution in [0.3, 0.4) is 0 Å². The molecule has 18 heavy (non-hydrogen) atoms. The molecule has 0 atom stereocenters. The fraction of sp³-hybridized carbons (Fsp3) is 0.0769. The van der Waals surface area contributed by atoms with E-state index in [1.165, 1.54) is 25.4 Å². The number of benzene rings is 1. The van der Waals surface area contributed by atoms with Crippen LogP contribution in [-0.2, 0) is 0 Å². The second-order valence-electron chi connectivity index (χ2n) is 3.62. The molecule has 0 saturated heterocycles. The number of carboxylic acids is 1. The lowest BCUT2D eigenvalue weighted by atomic mass is 10.0. The summed E-state index contributed by atoms with van der Waals surface area (Å²) in [4.78, 5) is 14.8. The van der Waals surface area contributed by atoms with E-state index in [4.69, 9.17) is 9.84 Å². The van der Waals surface area contributed by atoms with E-state index in [1.54, 1.807) is 12.1 Å². The van der Waals surface area contributed by atoms with E-state index < -0.39 is 11.8 Å². The van der Waals surface area contributed by atoms with Crippen molar-refractivity contribution in [2.45, 2.75) is 0 Å². The number of aromatic nitrogens is 1. The first-order valence-corrected chi connectivity index (χ1v) is 5.14. The van der Waals surface area contributed by atoms with Crippen molar-refractivity contribution in [1.29, 1.82) is 0 Å². The van der Waals surface area contributed by atoms with E-state index in [0.717, 1.165) is 6.07 Å². The van der Waals surface area contributed by atoms with E-state index in [2.05, 4.69) is 4.98 Å². The predicted molar refractivity (Wildman–Crippen MR) is 63.1 cm³/mol. The van der Waals surface area contributed by atoms with Crippen LogP contribution in [0.25, 0.3) is 11.1 Å². The highest BCUT2D eigenvalue weighted by atomic mass is 19.1. The van der Waals surface area contributed by atoms with Crippen LogP contribution in [0.4, 0.5) is 4.39 Å². The number of pyridine rings is 1. The third-order valence-corrected chi connectivity index (χ3v) is 2.42. The van der Waals surface area contributed by atoms with Crippen LogP contribution in [0.1, 0.15) is 10.4 Å².